The van der Waals surface area contributed by atoms with Gasteiger partial charge in [0.15, 0.2) is 0 Å². The molecule has 0 aliphatic heterocycles. The third-order valence-corrected chi connectivity index (χ3v) is 8.49. The Morgan fingerprint density at radius 1 is 0.914 bits per heavy atom. The van der Waals surface area contributed by atoms with Crippen LogP contribution in [0.4, 0.5) is 16.4 Å². The van der Waals surface area contributed by atoms with Crippen molar-refractivity contribution in [3.05, 3.63) is 83.7 Å². The van der Waals surface area contributed by atoms with Crippen molar-refractivity contribution in [2.24, 2.45) is 0 Å². The smallest absolute Gasteiger partial charge is 0.134 e. The van der Waals surface area contributed by atoms with Crippen LogP contribution in [0.15, 0.2) is 78.2 Å². The van der Waals surface area contributed by atoms with Gasteiger partial charge in [0, 0.05) is 35.9 Å². The summed E-state index contributed by atoms with van der Waals surface area (Å²) in [5.74, 6) is 0. The number of unbranched alkanes of at least 4 members (excludes halogenated alkanes) is 1. The van der Waals surface area contributed by atoms with Crippen LogP contribution in [-0.2, 0) is 6.42 Å². The number of rotatable bonds is 9. The molecule has 2 aromatic heterocycles. The van der Waals surface area contributed by atoms with Crippen LogP contribution in [0.5, 0.6) is 0 Å². The van der Waals surface area contributed by atoms with Crippen LogP contribution in [0, 0.1) is 0 Å². The number of nitrogens with one attached hydrogen (secondary N) is 1. The Balaban J connectivity index is 1.42. The van der Waals surface area contributed by atoms with E-state index in [9.17, 15) is 0 Å². The number of aryl methyl sites for hydroxylation is 1. The van der Waals surface area contributed by atoms with Crippen molar-refractivity contribution in [1.82, 2.24) is 4.98 Å². The maximum absolute atomic E-state index is 5.08. The van der Waals surface area contributed by atoms with E-state index in [-0.39, 0.29) is 0 Å². The molecule has 0 unspecified atom stereocenters. The quantitative estimate of drug-likeness (QED) is 0.220. The van der Waals surface area contributed by atoms with Crippen molar-refractivity contribution in [2.45, 2.75) is 33.1 Å². The summed E-state index contributed by atoms with van der Waals surface area (Å²) in [5.41, 5.74) is 5.96. The third kappa shape index (κ3) is 5.26. The molecule has 2 heterocycles. The summed E-state index contributed by atoms with van der Waals surface area (Å²) in [5, 5.41) is 10.6. The van der Waals surface area contributed by atoms with E-state index < -0.39 is 0 Å². The number of hydrogen-bond acceptors (Lipinski definition) is 5. The minimum Gasteiger partial charge on any atom is -0.375 e. The van der Waals surface area contributed by atoms with Gasteiger partial charge in [-0.15, -0.1) is 22.7 Å². The fourth-order valence-electron chi connectivity index (χ4n) is 4.21. The molecule has 0 atom stereocenters. The van der Waals surface area contributed by atoms with Gasteiger partial charge in [0.05, 0.1) is 15.6 Å². The first kappa shape index (κ1) is 23.6. The molecule has 5 heteroatoms. The molecule has 35 heavy (non-hydrogen) atoms. The Kier molecular flexibility index (Phi) is 7.16. The fraction of sp³-hybridized carbons (Fsp3) is 0.233. The maximum atomic E-state index is 5.08. The number of thiazole rings is 1. The standard InChI is InChI=1S/C30H31N3S2/c1-4-6-9-24-19-28(31-25-14-16-26(17-15-25)33(3)5-2)35-29(24)30-32-27(20-34-30)23-13-12-21-10-7-8-11-22(21)18-23/h7-8,10-20,31H,4-6,9H2,1-3H3. The molecule has 0 spiro atoms. The first-order chi connectivity index (χ1) is 17.1. The van der Waals surface area contributed by atoms with Crippen molar-refractivity contribution >= 4 is 49.8 Å². The Hall–Kier alpha value is -3.15. The number of nitrogens with zero attached hydrogens (tertiary/aromatic N) is 2. The molecule has 0 saturated heterocycles. The molecule has 5 aromatic rings. The molecule has 3 aromatic carbocycles. The minimum absolute atomic E-state index is 0.997. The molecule has 0 radical (unpaired) electrons. The highest BCUT2D eigenvalue weighted by atomic mass is 32.1. The van der Waals surface area contributed by atoms with Gasteiger partial charge in [0.1, 0.15) is 5.01 Å². The lowest BCUT2D eigenvalue weighted by molar-refractivity contribution is 0.798. The van der Waals surface area contributed by atoms with E-state index in [4.69, 9.17) is 4.98 Å². The van der Waals surface area contributed by atoms with E-state index in [2.05, 4.69) is 109 Å². The van der Waals surface area contributed by atoms with Gasteiger partial charge in [-0.2, -0.15) is 0 Å². The van der Waals surface area contributed by atoms with E-state index in [1.54, 1.807) is 11.3 Å². The van der Waals surface area contributed by atoms with Gasteiger partial charge in [-0.1, -0.05) is 49.7 Å². The molecular formula is C30H31N3S2. The highest BCUT2D eigenvalue weighted by molar-refractivity contribution is 7.23. The van der Waals surface area contributed by atoms with Crippen LogP contribution < -0.4 is 10.2 Å². The Bertz CT molecular complexity index is 1420. The molecule has 5 rings (SSSR count). The molecule has 0 aliphatic carbocycles. The van der Waals surface area contributed by atoms with Gasteiger partial charge in [0.25, 0.3) is 0 Å². The second kappa shape index (κ2) is 10.6. The summed E-state index contributed by atoms with van der Waals surface area (Å²) in [6.07, 6.45) is 3.45. The van der Waals surface area contributed by atoms with Crippen LogP contribution in [0.25, 0.3) is 31.9 Å². The number of hydrogen-bond donors (Lipinski definition) is 1. The Morgan fingerprint density at radius 2 is 1.71 bits per heavy atom. The summed E-state index contributed by atoms with van der Waals surface area (Å²) in [4.78, 5) is 8.62. The molecule has 0 amide bonds. The number of aromatic nitrogens is 1. The summed E-state index contributed by atoms with van der Waals surface area (Å²) in [6, 6.07) is 26.1. The van der Waals surface area contributed by atoms with Crippen molar-refractivity contribution in [2.75, 3.05) is 23.8 Å². The third-order valence-electron chi connectivity index (χ3n) is 6.40. The predicted molar refractivity (Wildman–Crippen MR) is 156 cm³/mol. The van der Waals surface area contributed by atoms with Crippen molar-refractivity contribution in [3.8, 4) is 21.1 Å². The van der Waals surface area contributed by atoms with Crippen LogP contribution in [0.1, 0.15) is 32.3 Å². The monoisotopic (exact) mass is 497 g/mol. The molecule has 178 valence electrons. The zero-order valence-corrected chi connectivity index (χ0v) is 22.2. The molecule has 3 nitrogen and oxygen atoms in total. The largest absolute Gasteiger partial charge is 0.375 e. The zero-order chi connectivity index (χ0) is 24.2. The summed E-state index contributed by atoms with van der Waals surface area (Å²) in [6.45, 7) is 5.42. The molecule has 0 aliphatic rings. The maximum Gasteiger partial charge on any atom is 0.134 e. The Labute approximate surface area is 216 Å². The van der Waals surface area contributed by atoms with Crippen LogP contribution >= 0.6 is 22.7 Å². The molecule has 1 N–H and O–H groups in total. The van der Waals surface area contributed by atoms with Crippen LogP contribution in [-0.4, -0.2) is 18.6 Å². The average Bonchev–Trinajstić information content (AvgIpc) is 3.54. The van der Waals surface area contributed by atoms with Crippen molar-refractivity contribution in [1.29, 1.82) is 0 Å². The van der Waals surface area contributed by atoms with Crippen LogP contribution in [0.2, 0.25) is 0 Å². The topological polar surface area (TPSA) is 28.2 Å². The lowest BCUT2D eigenvalue weighted by Crippen LogP contribution is -2.15. The molecule has 0 fully saturated rings. The van der Waals surface area contributed by atoms with E-state index in [1.165, 1.54) is 50.3 Å². The van der Waals surface area contributed by atoms with Gasteiger partial charge in [-0.3, -0.25) is 0 Å². The molecular weight excluding hydrogens is 466 g/mol. The van der Waals surface area contributed by atoms with Gasteiger partial charge < -0.3 is 10.2 Å². The number of fused-ring (bicyclic) bond motifs is 1. The highest BCUT2D eigenvalue weighted by Gasteiger charge is 2.16. The van der Waals surface area contributed by atoms with E-state index in [0.29, 0.717) is 0 Å². The number of thiophene rings is 1. The van der Waals surface area contributed by atoms with Crippen molar-refractivity contribution in [3.63, 3.8) is 0 Å². The highest BCUT2D eigenvalue weighted by Crippen LogP contribution is 2.41. The minimum atomic E-state index is 0.997. The zero-order valence-electron chi connectivity index (χ0n) is 20.5. The Morgan fingerprint density at radius 3 is 2.49 bits per heavy atom. The number of benzene rings is 3. The normalized spacial score (nSPS) is 11.2. The first-order valence-corrected chi connectivity index (χ1v) is 14.0. The first-order valence-electron chi connectivity index (χ1n) is 12.3. The van der Waals surface area contributed by atoms with E-state index in [0.717, 1.165) is 29.4 Å². The lowest BCUT2D eigenvalue weighted by atomic mass is 10.1. The second-order valence-electron chi connectivity index (χ2n) is 8.85. The van der Waals surface area contributed by atoms with Gasteiger partial charge >= 0.3 is 0 Å². The summed E-state index contributed by atoms with van der Waals surface area (Å²) < 4.78 is 0. The van der Waals surface area contributed by atoms with Gasteiger partial charge in [-0.05, 0) is 72.5 Å². The van der Waals surface area contributed by atoms with Crippen molar-refractivity contribution < 1.29 is 0 Å². The van der Waals surface area contributed by atoms with Crippen LogP contribution in [0.3, 0.4) is 0 Å². The summed E-state index contributed by atoms with van der Waals surface area (Å²) in [7, 11) is 2.12. The van der Waals surface area contributed by atoms with Gasteiger partial charge in [0.2, 0.25) is 0 Å². The van der Waals surface area contributed by atoms with E-state index >= 15 is 0 Å². The fourth-order valence-corrected chi connectivity index (χ4v) is 6.29. The average molecular weight is 498 g/mol. The molecule has 0 saturated carbocycles. The van der Waals surface area contributed by atoms with E-state index in [1.807, 2.05) is 11.3 Å². The second-order valence-corrected chi connectivity index (χ2v) is 10.8. The SMILES string of the molecule is CCCCc1cc(Nc2ccc(N(C)CC)cc2)sc1-c1nc(-c2ccc3ccccc3c2)cs1. The number of anilines is 3. The predicted octanol–water partition coefficient (Wildman–Crippen LogP) is 9.23. The lowest BCUT2D eigenvalue weighted by Gasteiger charge is -2.17. The summed E-state index contributed by atoms with van der Waals surface area (Å²) >= 11 is 3.55. The van der Waals surface area contributed by atoms with Gasteiger partial charge in [-0.25, -0.2) is 4.98 Å². The molecule has 0 bridgehead atoms.